The predicted octanol–water partition coefficient (Wildman–Crippen LogP) is 4.05. The summed E-state index contributed by atoms with van der Waals surface area (Å²) in [6.45, 7) is 2.24. The first-order valence-corrected chi connectivity index (χ1v) is 13.4. The molecular weight excluding hydrogens is 447 g/mol. The molecule has 0 spiro atoms. The van der Waals surface area contributed by atoms with E-state index in [0.717, 1.165) is 24.8 Å². The molecule has 1 N–H and O–H groups in total. The van der Waals surface area contributed by atoms with E-state index in [4.69, 9.17) is 4.74 Å². The van der Waals surface area contributed by atoms with Crippen LogP contribution in [-0.2, 0) is 16.5 Å². The van der Waals surface area contributed by atoms with Crippen LogP contribution in [0.15, 0.2) is 47.4 Å². The minimum Gasteiger partial charge on any atom is -0.871 e. The molecule has 0 radical (unpaired) electrons. The van der Waals surface area contributed by atoms with Crippen LogP contribution in [0, 0.1) is 0 Å². The molecule has 7 heteroatoms. The van der Waals surface area contributed by atoms with Crippen LogP contribution in [0.4, 0.5) is 0 Å². The molecule has 2 aromatic rings. The second-order valence-electron chi connectivity index (χ2n) is 8.45. The van der Waals surface area contributed by atoms with Gasteiger partial charge < -0.3 is 9.84 Å². The van der Waals surface area contributed by atoms with Crippen LogP contribution in [0.2, 0.25) is 0 Å². The molecule has 5 nitrogen and oxygen atoms in total. The summed E-state index contributed by atoms with van der Waals surface area (Å²) in [5, 5.41) is 12.4. The van der Waals surface area contributed by atoms with Crippen LogP contribution in [0.1, 0.15) is 89.5 Å². The van der Waals surface area contributed by atoms with Gasteiger partial charge in [0, 0.05) is 0 Å². The third-order valence-corrected chi connectivity index (χ3v) is 6.55. The Kier molecular flexibility index (Phi) is 15.0. The van der Waals surface area contributed by atoms with Crippen molar-refractivity contribution < 1.29 is 52.4 Å². The van der Waals surface area contributed by atoms with Crippen molar-refractivity contribution in [2.24, 2.45) is 0 Å². The van der Waals surface area contributed by atoms with Crippen molar-refractivity contribution in [2.45, 2.75) is 95.3 Å². The molecule has 0 aromatic heterocycles. The van der Waals surface area contributed by atoms with E-state index in [2.05, 4.69) is 6.92 Å². The Hall–Kier alpha value is -1.05. The van der Waals surface area contributed by atoms with Gasteiger partial charge in [-0.15, -0.1) is 0 Å². The van der Waals surface area contributed by atoms with E-state index in [9.17, 15) is 18.1 Å². The molecule has 0 saturated heterocycles. The molecule has 0 aliphatic rings. The van der Waals surface area contributed by atoms with Crippen LogP contribution in [0.3, 0.4) is 0 Å². The van der Waals surface area contributed by atoms with Crippen LogP contribution < -0.4 is 39.4 Å². The third-order valence-electron chi connectivity index (χ3n) is 5.63. The third kappa shape index (κ3) is 11.8. The predicted molar refractivity (Wildman–Crippen MR) is 127 cm³/mol. The largest absolute Gasteiger partial charge is 1.00 e. The Bertz CT molecular complexity index is 900. The Morgan fingerprint density at radius 1 is 0.818 bits per heavy atom. The van der Waals surface area contributed by atoms with Crippen molar-refractivity contribution in [2.75, 3.05) is 0 Å². The minimum atomic E-state index is -4.69. The molecule has 0 fully saturated rings. The molecule has 0 unspecified atom stereocenters. The summed E-state index contributed by atoms with van der Waals surface area (Å²) in [6, 6.07) is 11.5. The molecule has 0 bridgehead atoms. The normalized spacial score (nSPS) is 11.2. The van der Waals surface area contributed by atoms with Crippen molar-refractivity contribution >= 4 is 10.1 Å². The zero-order chi connectivity index (χ0) is 23.2. The van der Waals surface area contributed by atoms with Crippen molar-refractivity contribution in [3.05, 3.63) is 48.0 Å². The first kappa shape index (κ1) is 30.0. The maximum atomic E-state index is 12.4. The molecule has 0 heterocycles. The number of hydrogen-bond acceptors (Lipinski definition) is 4. The number of hydrogen-bond donors (Lipinski definition) is 1. The second-order valence-corrected chi connectivity index (χ2v) is 9.81. The van der Waals surface area contributed by atoms with E-state index in [0.29, 0.717) is 12.2 Å². The maximum absolute atomic E-state index is 12.4. The van der Waals surface area contributed by atoms with Gasteiger partial charge in [0.1, 0.15) is 16.4 Å². The van der Waals surface area contributed by atoms with Gasteiger partial charge in [-0.1, -0.05) is 108 Å². The first-order valence-electron chi connectivity index (χ1n) is 12.0. The van der Waals surface area contributed by atoms with Crippen LogP contribution in [0.25, 0.3) is 0 Å². The van der Waals surface area contributed by atoms with Gasteiger partial charge >= 0.3 is 29.6 Å². The molecule has 2 rings (SSSR count). The Morgan fingerprint density at radius 2 is 1.33 bits per heavy atom. The molecule has 2 aromatic carbocycles. The topological polar surface area (TPSA) is 86.7 Å². The molecule has 0 saturated carbocycles. The van der Waals surface area contributed by atoms with Gasteiger partial charge in [0.2, 0.25) is 0 Å². The average Bonchev–Trinajstić information content (AvgIpc) is 2.74. The van der Waals surface area contributed by atoms with Gasteiger partial charge in [-0.2, -0.15) is 8.42 Å². The van der Waals surface area contributed by atoms with Gasteiger partial charge in [-0.05, 0) is 36.6 Å². The summed E-state index contributed by atoms with van der Waals surface area (Å²) in [6.07, 6.45) is 15.7. The minimum absolute atomic E-state index is 0. The number of benzene rings is 2. The molecule has 0 amide bonds. The molecule has 178 valence electrons. The van der Waals surface area contributed by atoms with Gasteiger partial charge in [-0.25, -0.2) is 0 Å². The smallest absolute Gasteiger partial charge is 0.871 e. The number of aryl methyl sites for hydroxylation is 1. The van der Waals surface area contributed by atoms with Crippen molar-refractivity contribution in [3.63, 3.8) is 0 Å². The van der Waals surface area contributed by atoms with Crippen LogP contribution in [-0.4, -0.2) is 13.0 Å². The van der Waals surface area contributed by atoms with E-state index in [1.807, 2.05) is 0 Å². The number of para-hydroxylation sites is 1. The number of rotatable bonds is 16. The summed E-state index contributed by atoms with van der Waals surface area (Å²) in [7, 11) is -4.69. The van der Waals surface area contributed by atoms with Gasteiger partial charge in [0.15, 0.2) is 0 Å². The van der Waals surface area contributed by atoms with Crippen molar-refractivity contribution in [1.82, 2.24) is 0 Å². The standard InChI is InChI=1S/C26H38O5S.Na/c1-2-3-4-5-6-7-8-9-10-11-12-14-17-22-20-24(27)26(32(28,29)30)25(21-22)31-23-18-15-13-16-19-23;/h13,15-16,18-21,27H,2-12,14,17H2,1H3,(H,28,29,30);/q;+1/p-1. The number of unbranched alkanes of at least 4 members (excludes halogenated alkanes) is 11. The molecular formula is C26H37NaO5S. The van der Waals surface area contributed by atoms with Crippen LogP contribution in [0.5, 0.6) is 17.2 Å². The fourth-order valence-electron chi connectivity index (χ4n) is 3.89. The van der Waals surface area contributed by atoms with Gasteiger partial charge in [0.25, 0.3) is 10.1 Å². The summed E-state index contributed by atoms with van der Waals surface area (Å²) in [5.74, 6) is -0.464. The van der Waals surface area contributed by atoms with Crippen LogP contribution >= 0.6 is 0 Å². The SMILES string of the molecule is CCCCCCCCCCCCCCc1cc([O-])c(S(=O)(=O)O)c(Oc2ccccc2)c1.[Na+]. The van der Waals surface area contributed by atoms with E-state index >= 15 is 0 Å². The Balaban J connectivity index is 0.00000544. The van der Waals surface area contributed by atoms with E-state index in [-0.39, 0.29) is 35.3 Å². The van der Waals surface area contributed by atoms with Crippen molar-refractivity contribution in [3.8, 4) is 17.2 Å². The molecule has 0 atom stereocenters. The summed E-state index contributed by atoms with van der Waals surface area (Å²) < 4.78 is 38.6. The van der Waals surface area contributed by atoms with E-state index < -0.39 is 20.8 Å². The monoisotopic (exact) mass is 484 g/mol. The summed E-state index contributed by atoms with van der Waals surface area (Å²) in [5.41, 5.74) is 0.723. The summed E-state index contributed by atoms with van der Waals surface area (Å²) >= 11 is 0. The maximum Gasteiger partial charge on any atom is 1.00 e. The van der Waals surface area contributed by atoms with E-state index in [1.54, 1.807) is 36.4 Å². The fraction of sp³-hybridized carbons (Fsp3) is 0.538. The zero-order valence-corrected chi connectivity index (χ0v) is 23.0. The molecule has 0 aliphatic carbocycles. The Labute approximate surface area is 222 Å². The van der Waals surface area contributed by atoms with Gasteiger partial charge in [-0.3, -0.25) is 4.55 Å². The fourth-order valence-corrected chi connectivity index (χ4v) is 4.56. The first-order chi connectivity index (χ1) is 15.4. The summed E-state index contributed by atoms with van der Waals surface area (Å²) in [4.78, 5) is -0.709. The average molecular weight is 485 g/mol. The van der Waals surface area contributed by atoms with E-state index in [1.165, 1.54) is 63.9 Å². The molecule has 33 heavy (non-hydrogen) atoms. The second kappa shape index (κ2) is 16.6. The zero-order valence-electron chi connectivity index (χ0n) is 20.2. The van der Waals surface area contributed by atoms with Gasteiger partial charge in [0.05, 0.1) is 0 Å². The molecule has 0 aliphatic heterocycles. The Morgan fingerprint density at radius 3 is 1.85 bits per heavy atom. The number of ether oxygens (including phenoxy) is 1. The van der Waals surface area contributed by atoms with Crippen molar-refractivity contribution in [1.29, 1.82) is 0 Å². The quantitative estimate of drug-likeness (QED) is 0.221.